The average Bonchev–Trinajstić information content (AvgIpc) is 2.70. The Morgan fingerprint density at radius 1 is 1.38 bits per heavy atom. The normalized spacial score (nSPS) is 12.8. The zero-order chi connectivity index (χ0) is 11.7. The van der Waals surface area contributed by atoms with E-state index < -0.39 is 11.6 Å². The number of rotatable bonds is 2. The lowest BCUT2D eigenvalue weighted by Crippen LogP contribution is -2.11. The fourth-order valence-electron chi connectivity index (χ4n) is 1.52. The molecular weight excluding hydrogens is 212 g/mol. The highest BCUT2D eigenvalue weighted by Gasteiger charge is 2.14. The molecule has 0 aliphatic carbocycles. The van der Waals surface area contributed by atoms with Gasteiger partial charge in [0.1, 0.15) is 0 Å². The molecule has 84 valence electrons. The van der Waals surface area contributed by atoms with E-state index in [-0.39, 0.29) is 11.7 Å². The summed E-state index contributed by atoms with van der Waals surface area (Å²) in [6, 6.07) is 3.69. The summed E-state index contributed by atoms with van der Waals surface area (Å²) in [7, 11) is 0. The first-order chi connectivity index (χ1) is 7.61. The average molecular weight is 223 g/mol. The van der Waals surface area contributed by atoms with Gasteiger partial charge in [-0.1, -0.05) is 6.07 Å². The van der Waals surface area contributed by atoms with Gasteiger partial charge in [-0.2, -0.15) is 0 Å². The van der Waals surface area contributed by atoms with Gasteiger partial charge in [-0.05, 0) is 19.1 Å². The molecule has 0 fully saturated rings. The van der Waals surface area contributed by atoms with Crippen LogP contribution in [0.25, 0.3) is 5.69 Å². The van der Waals surface area contributed by atoms with E-state index in [1.165, 1.54) is 29.2 Å². The van der Waals surface area contributed by atoms with Crippen molar-refractivity contribution in [2.24, 2.45) is 5.73 Å². The molecular formula is C11H11F2N3. The lowest BCUT2D eigenvalue weighted by Gasteiger charge is -2.11. The Bertz CT molecular complexity index is 506. The summed E-state index contributed by atoms with van der Waals surface area (Å²) in [5.74, 6) is -1.79. The van der Waals surface area contributed by atoms with Crippen molar-refractivity contribution < 1.29 is 8.78 Å². The largest absolute Gasteiger partial charge is 0.323 e. The van der Waals surface area contributed by atoms with Crippen LogP contribution >= 0.6 is 0 Å². The highest BCUT2D eigenvalue weighted by Crippen LogP contribution is 2.20. The minimum atomic E-state index is -0.901. The van der Waals surface area contributed by atoms with Crippen molar-refractivity contribution in [2.75, 3.05) is 0 Å². The van der Waals surface area contributed by atoms with Crippen LogP contribution in [0.5, 0.6) is 0 Å². The summed E-state index contributed by atoms with van der Waals surface area (Å²) in [6.45, 7) is 1.75. The van der Waals surface area contributed by atoms with Crippen LogP contribution in [0.3, 0.4) is 0 Å². The summed E-state index contributed by atoms with van der Waals surface area (Å²) in [4.78, 5) is 3.88. The molecule has 1 aromatic heterocycles. The zero-order valence-electron chi connectivity index (χ0n) is 8.69. The van der Waals surface area contributed by atoms with Gasteiger partial charge in [0.2, 0.25) is 0 Å². The molecule has 2 N–H and O–H groups in total. The number of benzene rings is 1. The fraction of sp³-hybridized carbons (Fsp3) is 0.182. The third kappa shape index (κ3) is 1.69. The van der Waals surface area contributed by atoms with Gasteiger partial charge in [0.05, 0.1) is 23.9 Å². The van der Waals surface area contributed by atoms with Gasteiger partial charge in [-0.3, -0.25) is 4.57 Å². The minimum Gasteiger partial charge on any atom is -0.323 e. The fourth-order valence-corrected chi connectivity index (χ4v) is 1.52. The van der Waals surface area contributed by atoms with Crippen molar-refractivity contribution in [3.8, 4) is 5.69 Å². The molecule has 0 saturated carbocycles. The van der Waals surface area contributed by atoms with Crippen molar-refractivity contribution in [1.82, 2.24) is 9.55 Å². The van der Waals surface area contributed by atoms with Gasteiger partial charge < -0.3 is 5.73 Å². The molecule has 1 atom stereocenters. The van der Waals surface area contributed by atoms with Crippen molar-refractivity contribution in [2.45, 2.75) is 13.0 Å². The molecule has 0 spiro atoms. The molecule has 0 aliphatic heterocycles. The predicted molar refractivity (Wildman–Crippen MR) is 56.1 cm³/mol. The monoisotopic (exact) mass is 223 g/mol. The molecule has 16 heavy (non-hydrogen) atoms. The molecule has 3 nitrogen and oxygen atoms in total. The second-order valence-electron chi connectivity index (χ2n) is 3.55. The van der Waals surface area contributed by atoms with E-state index in [2.05, 4.69) is 4.98 Å². The zero-order valence-corrected chi connectivity index (χ0v) is 8.69. The number of hydrogen-bond donors (Lipinski definition) is 1. The van der Waals surface area contributed by atoms with E-state index in [0.29, 0.717) is 5.69 Å². The molecule has 0 saturated heterocycles. The molecule has 1 aromatic carbocycles. The van der Waals surface area contributed by atoms with E-state index in [4.69, 9.17) is 5.73 Å². The first-order valence-corrected chi connectivity index (χ1v) is 4.83. The molecule has 2 aromatic rings. The predicted octanol–water partition coefficient (Wildman–Crippen LogP) is 2.17. The van der Waals surface area contributed by atoms with Crippen LogP contribution in [0.4, 0.5) is 8.78 Å². The smallest absolute Gasteiger partial charge is 0.182 e. The van der Waals surface area contributed by atoms with Crippen molar-refractivity contribution >= 4 is 0 Å². The van der Waals surface area contributed by atoms with Gasteiger partial charge in [0.15, 0.2) is 11.6 Å². The highest BCUT2D eigenvalue weighted by molar-refractivity contribution is 5.36. The lowest BCUT2D eigenvalue weighted by atomic mass is 10.2. The van der Waals surface area contributed by atoms with Gasteiger partial charge in [0.25, 0.3) is 0 Å². The molecule has 0 unspecified atom stereocenters. The lowest BCUT2D eigenvalue weighted by molar-refractivity contribution is 0.503. The summed E-state index contributed by atoms with van der Waals surface area (Å²) in [5, 5.41) is 0. The number of aromatic nitrogens is 2. The van der Waals surface area contributed by atoms with Crippen LogP contribution in [0, 0.1) is 11.6 Å². The highest BCUT2D eigenvalue weighted by atomic mass is 19.2. The second kappa shape index (κ2) is 4.02. The van der Waals surface area contributed by atoms with Crippen LogP contribution < -0.4 is 5.73 Å². The maximum Gasteiger partial charge on any atom is 0.182 e. The van der Waals surface area contributed by atoms with Crippen LogP contribution in [-0.2, 0) is 0 Å². The SMILES string of the molecule is C[C@@H](N)c1cncn1-c1cccc(F)c1F. The number of halogens is 2. The van der Waals surface area contributed by atoms with E-state index in [1.807, 2.05) is 0 Å². The Hall–Kier alpha value is -1.75. The van der Waals surface area contributed by atoms with Gasteiger partial charge in [0, 0.05) is 6.04 Å². The van der Waals surface area contributed by atoms with E-state index in [1.54, 1.807) is 6.92 Å². The molecule has 0 radical (unpaired) electrons. The van der Waals surface area contributed by atoms with E-state index in [9.17, 15) is 8.78 Å². The van der Waals surface area contributed by atoms with Gasteiger partial charge in [-0.15, -0.1) is 0 Å². The summed E-state index contributed by atoms with van der Waals surface area (Å²) >= 11 is 0. The van der Waals surface area contributed by atoms with E-state index >= 15 is 0 Å². The molecule has 5 heteroatoms. The Morgan fingerprint density at radius 3 is 2.81 bits per heavy atom. The standard InChI is InChI=1S/C11H11F2N3/c1-7(14)10-5-15-6-16(10)9-4-2-3-8(12)11(9)13/h2-7H,14H2,1H3/t7-/m1/s1. The molecule has 2 rings (SSSR count). The number of nitrogens with zero attached hydrogens (tertiary/aromatic N) is 2. The number of nitrogens with two attached hydrogens (primary N) is 1. The Labute approximate surface area is 91.5 Å². The van der Waals surface area contributed by atoms with Crippen LogP contribution in [-0.4, -0.2) is 9.55 Å². The molecule has 1 heterocycles. The van der Waals surface area contributed by atoms with Gasteiger partial charge >= 0.3 is 0 Å². The Kier molecular flexibility index (Phi) is 2.70. The van der Waals surface area contributed by atoms with Crippen molar-refractivity contribution in [1.29, 1.82) is 0 Å². The maximum absolute atomic E-state index is 13.5. The van der Waals surface area contributed by atoms with Gasteiger partial charge in [-0.25, -0.2) is 13.8 Å². The van der Waals surface area contributed by atoms with Crippen molar-refractivity contribution in [3.05, 3.63) is 48.1 Å². The van der Waals surface area contributed by atoms with Crippen LogP contribution in [0.1, 0.15) is 18.7 Å². The second-order valence-corrected chi connectivity index (χ2v) is 3.55. The summed E-state index contributed by atoms with van der Waals surface area (Å²) in [5.41, 5.74) is 6.45. The Balaban J connectivity index is 2.59. The van der Waals surface area contributed by atoms with Crippen LogP contribution in [0.15, 0.2) is 30.7 Å². The topological polar surface area (TPSA) is 43.8 Å². The quantitative estimate of drug-likeness (QED) is 0.847. The molecule has 0 bridgehead atoms. The van der Waals surface area contributed by atoms with E-state index in [0.717, 1.165) is 6.07 Å². The maximum atomic E-state index is 13.5. The molecule has 0 aliphatic rings. The Morgan fingerprint density at radius 2 is 2.12 bits per heavy atom. The summed E-state index contributed by atoms with van der Waals surface area (Å²) in [6.07, 6.45) is 2.95. The number of imidazole rings is 1. The first kappa shape index (κ1) is 10.8. The third-order valence-electron chi connectivity index (χ3n) is 2.32. The van der Waals surface area contributed by atoms with Crippen molar-refractivity contribution in [3.63, 3.8) is 0 Å². The summed E-state index contributed by atoms with van der Waals surface area (Å²) < 4.78 is 28.1. The third-order valence-corrected chi connectivity index (χ3v) is 2.32. The first-order valence-electron chi connectivity index (χ1n) is 4.83. The van der Waals surface area contributed by atoms with Crippen LogP contribution in [0.2, 0.25) is 0 Å². The minimum absolute atomic E-state index is 0.116. The molecule has 0 amide bonds. The number of hydrogen-bond acceptors (Lipinski definition) is 2.